The second-order valence-corrected chi connectivity index (χ2v) is 5.91. The van der Waals surface area contributed by atoms with Crippen molar-refractivity contribution in [3.05, 3.63) is 64.2 Å². The van der Waals surface area contributed by atoms with Crippen molar-refractivity contribution in [3.63, 3.8) is 0 Å². The molecule has 0 aliphatic carbocycles. The van der Waals surface area contributed by atoms with Gasteiger partial charge in [0.15, 0.2) is 0 Å². The largest absolute Gasteiger partial charge is 0.457 e. The standard InChI is InChI=1S/C18H17N5O4/c1-9-7-11(23(25)26)3-6-15(9)27-12-4-5-13-14(8-12)21-17(22-18(20)24)16(13)10(2)19/h3-8,21H,2,19H2,1H3,(H3,20,22,24). The fourth-order valence-corrected chi connectivity index (χ4v) is 2.78. The van der Waals surface area contributed by atoms with Crippen LogP contribution < -0.4 is 21.5 Å². The summed E-state index contributed by atoms with van der Waals surface area (Å²) in [6, 6.07) is 8.82. The van der Waals surface area contributed by atoms with Crippen LogP contribution in [-0.2, 0) is 0 Å². The fourth-order valence-electron chi connectivity index (χ4n) is 2.78. The third-order valence-electron chi connectivity index (χ3n) is 3.94. The molecule has 3 rings (SSSR count). The van der Waals surface area contributed by atoms with E-state index in [-0.39, 0.29) is 11.4 Å². The topological polar surface area (TPSA) is 149 Å². The Labute approximate surface area is 153 Å². The van der Waals surface area contributed by atoms with Crippen LogP contribution in [0.1, 0.15) is 11.1 Å². The van der Waals surface area contributed by atoms with Crippen molar-refractivity contribution in [2.75, 3.05) is 5.32 Å². The Balaban J connectivity index is 1.98. The number of carbonyl (C=O) groups is 1. The van der Waals surface area contributed by atoms with Crippen molar-refractivity contribution >= 4 is 34.1 Å². The SMILES string of the molecule is C=C(N)c1c(NC(N)=O)[nH]c2cc(Oc3ccc([N+](=O)[O-])cc3C)ccc12. The number of anilines is 1. The van der Waals surface area contributed by atoms with E-state index in [4.69, 9.17) is 16.2 Å². The lowest BCUT2D eigenvalue weighted by atomic mass is 10.1. The molecule has 0 saturated carbocycles. The number of primary amides is 1. The van der Waals surface area contributed by atoms with E-state index in [1.54, 1.807) is 31.2 Å². The van der Waals surface area contributed by atoms with Gasteiger partial charge in [-0.3, -0.25) is 15.4 Å². The summed E-state index contributed by atoms with van der Waals surface area (Å²) in [5.74, 6) is 1.33. The first-order valence-electron chi connectivity index (χ1n) is 7.86. The van der Waals surface area contributed by atoms with Gasteiger partial charge in [-0.15, -0.1) is 0 Å². The summed E-state index contributed by atoms with van der Waals surface area (Å²) in [5.41, 5.74) is 13.1. The molecule has 9 nitrogen and oxygen atoms in total. The molecule has 0 aliphatic rings. The van der Waals surface area contributed by atoms with E-state index in [2.05, 4.69) is 16.9 Å². The predicted octanol–water partition coefficient (Wildman–Crippen LogP) is 3.60. The molecule has 2 aromatic carbocycles. The third kappa shape index (κ3) is 3.52. The third-order valence-corrected chi connectivity index (χ3v) is 3.94. The number of nitrogens with two attached hydrogens (primary N) is 2. The first-order valence-corrected chi connectivity index (χ1v) is 7.86. The van der Waals surface area contributed by atoms with E-state index in [1.165, 1.54) is 12.1 Å². The van der Waals surface area contributed by atoms with Gasteiger partial charge in [0.2, 0.25) is 0 Å². The number of benzene rings is 2. The number of nitro benzene ring substituents is 1. The Morgan fingerprint density at radius 2 is 2.00 bits per heavy atom. The van der Waals surface area contributed by atoms with E-state index in [9.17, 15) is 14.9 Å². The highest BCUT2D eigenvalue weighted by atomic mass is 16.6. The first kappa shape index (κ1) is 17.8. The fraction of sp³-hybridized carbons (Fsp3) is 0.0556. The molecule has 2 amide bonds. The number of aromatic nitrogens is 1. The Bertz CT molecular complexity index is 1090. The van der Waals surface area contributed by atoms with Crippen LogP contribution in [0.15, 0.2) is 43.0 Å². The van der Waals surface area contributed by atoms with Gasteiger partial charge in [0.25, 0.3) is 5.69 Å². The summed E-state index contributed by atoms with van der Waals surface area (Å²) in [4.78, 5) is 24.6. The smallest absolute Gasteiger partial charge is 0.317 e. The van der Waals surface area contributed by atoms with Crippen molar-refractivity contribution in [2.45, 2.75) is 6.92 Å². The second-order valence-electron chi connectivity index (χ2n) is 5.91. The zero-order chi connectivity index (χ0) is 19.7. The number of urea groups is 1. The molecule has 27 heavy (non-hydrogen) atoms. The highest BCUT2D eigenvalue weighted by Gasteiger charge is 2.15. The summed E-state index contributed by atoms with van der Waals surface area (Å²) in [6.45, 7) is 5.44. The van der Waals surface area contributed by atoms with Gasteiger partial charge in [0.05, 0.1) is 10.4 Å². The number of carbonyl (C=O) groups excluding carboxylic acids is 1. The number of nitro groups is 1. The van der Waals surface area contributed by atoms with Crippen molar-refractivity contribution < 1.29 is 14.5 Å². The van der Waals surface area contributed by atoms with Crippen LogP contribution in [0.5, 0.6) is 11.5 Å². The zero-order valence-electron chi connectivity index (χ0n) is 14.4. The van der Waals surface area contributed by atoms with Gasteiger partial charge in [0, 0.05) is 34.8 Å². The number of ether oxygens (including phenoxy) is 1. The molecule has 0 aliphatic heterocycles. The number of hydrogen-bond donors (Lipinski definition) is 4. The van der Waals surface area contributed by atoms with E-state index < -0.39 is 11.0 Å². The molecule has 0 saturated heterocycles. The quantitative estimate of drug-likeness (QED) is 0.401. The van der Waals surface area contributed by atoms with Crippen LogP contribution >= 0.6 is 0 Å². The summed E-state index contributed by atoms with van der Waals surface area (Å²) >= 11 is 0. The van der Waals surface area contributed by atoms with E-state index >= 15 is 0 Å². The zero-order valence-corrected chi connectivity index (χ0v) is 14.4. The van der Waals surface area contributed by atoms with Gasteiger partial charge in [-0.1, -0.05) is 6.58 Å². The molecular weight excluding hydrogens is 350 g/mol. The van der Waals surface area contributed by atoms with E-state index in [0.717, 1.165) is 5.39 Å². The van der Waals surface area contributed by atoms with E-state index in [0.29, 0.717) is 34.0 Å². The lowest BCUT2D eigenvalue weighted by Crippen LogP contribution is -2.20. The molecule has 0 fully saturated rings. The van der Waals surface area contributed by atoms with Crippen LogP contribution in [0.25, 0.3) is 16.6 Å². The number of amides is 2. The monoisotopic (exact) mass is 367 g/mol. The maximum atomic E-state index is 11.2. The highest BCUT2D eigenvalue weighted by molar-refractivity contribution is 6.02. The molecule has 1 aromatic heterocycles. The Morgan fingerprint density at radius 3 is 2.59 bits per heavy atom. The van der Waals surface area contributed by atoms with E-state index in [1.807, 2.05) is 0 Å². The molecule has 138 valence electrons. The molecule has 0 spiro atoms. The van der Waals surface area contributed by atoms with Gasteiger partial charge in [-0.2, -0.15) is 0 Å². The molecule has 1 heterocycles. The van der Waals surface area contributed by atoms with Gasteiger partial charge in [-0.25, -0.2) is 4.79 Å². The minimum Gasteiger partial charge on any atom is -0.457 e. The molecular formula is C18H17N5O4. The molecule has 6 N–H and O–H groups in total. The van der Waals surface area contributed by atoms with Crippen LogP contribution in [-0.4, -0.2) is 15.9 Å². The molecule has 9 heteroatoms. The van der Waals surface area contributed by atoms with Crippen molar-refractivity contribution in [3.8, 4) is 11.5 Å². The lowest BCUT2D eigenvalue weighted by molar-refractivity contribution is -0.384. The molecule has 0 bridgehead atoms. The number of hydrogen-bond acceptors (Lipinski definition) is 5. The number of aryl methyl sites for hydroxylation is 1. The van der Waals surface area contributed by atoms with Gasteiger partial charge in [0.1, 0.15) is 17.3 Å². The van der Waals surface area contributed by atoms with Crippen LogP contribution in [0.2, 0.25) is 0 Å². The molecule has 0 unspecified atom stereocenters. The summed E-state index contributed by atoms with van der Waals surface area (Å²) in [5, 5.41) is 14.1. The highest BCUT2D eigenvalue weighted by Crippen LogP contribution is 2.34. The van der Waals surface area contributed by atoms with Crippen molar-refractivity contribution in [2.24, 2.45) is 11.5 Å². The summed E-state index contributed by atoms with van der Waals surface area (Å²) in [6.07, 6.45) is 0. The van der Waals surface area contributed by atoms with Crippen LogP contribution in [0, 0.1) is 17.0 Å². The number of nitrogens with one attached hydrogen (secondary N) is 2. The number of aromatic amines is 1. The average Bonchev–Trinajstić information content (AvgIpc) is 2.92. The minimum atomic E-state index is -0.734. The van der Waals surface area contributed by atoms with Crippen LogP contribution in [0.3, 0.4) is 0 Å². The Morgan fingerprint density at radius 1 is 1.26 bits per heavy atom. The predicted molar refractivity (Wildman–Crippen MR) is 103 cm³/mol. The van der Waals surface area contributed by atoms with Gasteiger partial charge >= 0.3 is 6.03 Å². The van der Waals surface area contributed by atoms with Crippen LogP contribution in [0.4, 0.5) is 16.3 Å². The lowest BCUT2D eigenvalue weighted by Gasteiger charge is -2.09. The maximum absolute atomic E-state index is 11.2. The minimum absolute atomic E-state index is 0.00654. The van der Waals surface area contributed by atoms with Crippen molar-refractivity contribution in [1.82, 2.24) is 4.98 Å². The number of non-ortho nitro benzene ring substituents is 1. The first-order chi connectivity index (χ1) is 12.8. The maximum Gasteiger partial charge on any atom is 0.317 e. The molecule has 3 aromatic rings. The number of rotatable bonds is 5. The second kappa shape index (κ2) is 6.71. The van der Waals surface area contributed by atoms with Crippen molar-refractivity contribution in [1.29, 1.82) is 0 Å². The Kier molecular flexibility index (Phi) is 4.43. The van der Waals surface area contributed by atoms with Gasteiger partial charge < -0.3 is 21.2 Å². The number of H-pyrrole nitrogens is 1. The normalized spacial score (nSPS) is 10.6. The van der Waals surface area contributed by atoms with Gasteiger partial charge in [-0.05, 0) is 30.7 Å². The Hall–Kier alpha value is -4.01. The summed E-state index contributed by atoms with van der Waals surface area (Å²) < 4.78 is 5.83. The molecule has 0 radical (unpaired) electrons. The molecule has 0 atom stereocenters. The number of fused-ring (bicyclic) bond motifs is 1. The summed E-state index contributed by atoms with van der Waals surface area (Å²) in [7, 11) is 0. The average molecular weight is 367 g/mol. The number of nitrogens with zero attached hydrogens (tertiary/aromatic N) is 1.